The van der Waals surface area contributed by atoms with Crippen LogP contribution in [0.1, 0.15) is 44.7 Å². The van der Waals surface area contributed by atoms with E-state index in [1.165, 1.54) is 17.6 Å². The molecule has 2 heterocycles. The lowest BCUT2D eigenvalue weighted by Crippen LogP contribution is -2.49. The third-order valence-corrected chi connectivity index (χ3v) is 6.58. The maximum Gasteiger partial charge on any atom is 0.238 e. The predicted octanol–water partition coefficient (Wildman–Crippen LogP) is 5.38. The van der Waals surface area contributed by atoms with E-state index < -0.39 is 0 Å². The Morgan fingerprint density at radius 3 is 2.72 bits per heavy atom. The van der Waals surface area contributed by atoms with Crippen LogP contribution in [0.3, 0.4) is 0 Å². The number of nitrogens with zero attached hydrogens (tertiary/aromatic N) is 3. The summed E-state index contributed by atoms with van der Waals surface area (Å²) in [6.45, 7) is 5.60. The fourth-order valence-electron chi connectivity index (χ4n) is 4.21. The van der Waals surface area contributed by atoms with Gasteiger partial charge >= 0.3 is 0 Å². The van der Waals surface area contributed by atoms with Gasteiger partial charge in [0.05, 0.1) is 24.1 Å². The fourth-order valence-corrected chi connectivity index (χ4v) is 5.09. The number of amides is 1. The summed E-state index contributed by atoms with van der Waals surface area (Å²) in [7, 11) is 1.61. The molecule has 0 aliphatic carbocycles. The molecule has 1 amide bonds. The Bertz CT molecular complexity index is 1100. The number of ether oxygens (including phenoxy) is 2. The molecule has 0 saturated carbocycles. The molecule has 0 N–H and O–H groups in total. The number of halogens is 1. The number of anilines is 1. The molecule has 0 unspecified atom stereocenters. The monoisotopic (exact) mass is 457 g/mol. The fraction of sp³-hybridized carbons (Fsp3) is 0.417. The minimum atomic E-state index is -0.236. The van der Waals surface area contributed by atoms with Gasteiger partial charge in [-0.25, -0.2) is 14.4 Å². The molecule has 170 valence electrons. The SMILES string of the molecule is CCCOc1cc(OC)ccc1N(C(C)=O)N1CCC(c2nsc3cc(F)ccc23)CC1. The third-order valence-electron chi connectivity index (χ3n) is 5.76. The standard InChI is InChI=1S/C24H28FN3O3S/c1-4-13-31-22-15-19(30-3)6-8-21(22)28(16(2)29)27-11-9-17(10-12-27)24-20-7-5-18(25)14-23(20)32-26-24/h5-8,14-15,17H,4,9-13H2,1-3H3. The summed E-state index contributed by atoms with van der Waals surface area (Å²) in [6.07, 6.45) is 2.59. The summed E-state index contributed by atoms with van der Waals surface area (Å²) in [6, 6.07) is 10.4. The van der Waals surface area contributed by atoms with E-state index in [2.05, 4.69) is 9.38 Å². The van der Waals surface area contributed by atoms with E-state index in [0.29, 0.717) is 31.2 Å². The molecule has 1 aliphatic heterocycles. The summed E-state index contributed by atoms with van der Waals surface area (Å²) in [4.78, 5) is 12.7. The molecule has 0 bridgehead atoms. The molecule has 1 aliphatic rings. The van der Waals surface area contributed by atoms with Crippen molar-refractivity contribution in [3.63, 3.8) is 0 Å². The number of piperidine rings is 1. The number of carbonyl (C=O) groups is 1. The normalized spacial score (nSPS) is 15.1. The van der Waals surface area contributed by atoms with Crippen molar-refractivity contribution in [2.75, 3.05) is 31.8 Å². The Balaban J connectivity index is 1.54. The van der Waals surface area contributed by atoms with Crippen molar-refractivity contribution >= 4 is 33.2 Å². The number of methoxy groups -OCH3 is 1. The summed E-state index contributed by atoms with van der Waals surface area (Å²) in [5, 5.41) is 4.83. The summed E-state index contributed by atoms with van der Waals surface area (Å²) < 4.78 is 30.3. The Labute approximate surface area is 191 Å². The largest absolute Gasteiger partial charge is 0.497 e. The van der Waals surface area contributed by atoms with Crippen LogP contribution in [0.4, 0.5) is 10.1 Å². The topological polar surface area (TPSA) is 54.9 Å². The molecular formula is C24H28FN3O3S. The lowest BCUT2D eigenvalue weighted by Gasteiger charge is -2.39. The van der Waals surface area contributed by atoms with E-state index in [1.54, 1.807) is 25.1 Å². The maximum absolute atomic E-state index is 13.5. The zero-order valence-electron chi connectivity index (χ0n) is 18.6. The molecule has 0 atom stereocenters. The highest BCUT2D eigenvalue weighted by Gasteiger charge is 2.30. The molecule has 1 fully saturated rings. The zero-order chi connectivity index (χ0) is 22.7. The number of aromatic nitrogens is 1. The van der Waals surface area contributed by atoms with Gasteiger partial charge in [-0.15, -0.1) is 0 Å². The first kappa shape index (κ1) is 22.5. The zero-order valence-corrected chi connectivity index (χ0v) is 19.5. The van der Waals surface area contributed by atoms with E-state index >= 15 is 0 Å². The predicted molar refractivity (Wildman–Crippen MR) is 125 cm³/mol. The van der Waals surface area contributed by atoms with Crippen LogP contribution >= 0.6 is 11.5 Å². The van der Waals surface area contributed by atoms with Crippen molar-refractivity contribution in [1.82, 2.24) is 9.38 Å². The lowest BCUT2D eigenvalue weighted by molar-refractivity contribution is -0.120. The quantitative estimate of drug-likeness (QED) is 0.477. The Morgan fingerprint density at radius 1 is 1.25 bits per heavy atom. The van der Waals surface area contributed by atoms with Crippen LogP contribution in [0, 0.1) is 5.82 Å². The lowest BCUT2D eigenvalue weighted by atomic mass is 9.92. The van der Waals surface area contributed by atoms with E-state index in [0.717, 1.165) is 40.7 Å². The van der Waals surface area contributed by atoms with Gasteiger partial charge in [0.1, 0.15) is 23.0 Å². The van der Waals surface area contributed by atoms with Gasteiger partial charge in [-0.3, -0.25) is 4.79 Å². The Hall–Kier alpha value is -2.71. The van der Waals surface area contributed by atoms with Gasteiger partial charge in [0.25, 0.3) is 0 Å². The molecule has 8 heteroatoms. The molecule has 6 nitrogen and oxygen atoms in total. The molecule has 0 radical (unpaired) electrons. The van der Waals surface area contributed by atoms with Gasteiger partial charge < -0.3 is 9.47 Å². The summed E-state index contributed by atoms with van der Waals surface area (Å²) in [5.41, 5.74) is 1.76. The maximum atomic E-state index is 13.5. The first-order valence-electron chi connectivity index (χ1n) is 10.9. The second-order valence-corrected chi connectivity index (χ2v) is 8.75. The number of hydrazine groups is 1. The molecule has 1 aromatic heterocycles. The highest BCUT2D eigenvalue weighted by Crippen LogP contribution is 2.38. The van der Waals surface area contributed by atoms with Crippen LogP contribution in [0.5, 0.6) is 11.5 Å². The molecule has 0 spiro atoms. The number of fused-ring (bicyclic) bond motifs is 1. The van der Waals surface area contributed by atoms with Gasteiger partial charge in [0.15, 0.2) is 0 Å². The van der Waals surface area contributed by atoms with Crippen molar-refractivity contribution < 1.29 is 18.7 Å². The average molecular weight is 458 g/mol. The van der Waals surface area contributed by atoms with E-state index in [-0.39, 0.29) is 17.6 Å². The molecule has 1 saturated heterocycles. The van der Waals surface area contributed by atoms with Gasteiger partial charge in [0.2, 0.25) is 5.91 Å². The van der Waals surface area contributed by atoms with Crippen molar-refractivity contribution in [3.8, 4) is 11.5 Å². The van der Waals surface area contributed by atoms with Crippen molar-refractivity contribution in [2.45, 2.75) is 39.0 Å². The highest BCUT2D eigenvalue weighted by molar-refractivity contribution is 7.13. The molecule has 2 aromatic carbocycles. The van der Waals surface area contributed by atoms with Crippen LogP contribution in [0.15, 0.2) is 36.4 Å². The molecule has 32 heavy (non-hydrogen) atoms. The number of hydrogen-bond acceptors (Lipinski definition) is 6. The second-order valence-electron chi connectivity index (χ2n) is 7.95. The van der Waals surface area contributed by atoms with Gasteiger partial charge in [-0.2, -0.15) is 4.37 Å². The van der Waals surface area contributed by atoms with E-state index in [9.17, 15) is 9.18 Å². The van der Waals surface area contributed by atoms with Gasteiger partial charge in [-0.1, -0.05) is 6.92 Å². The van der Waals surface area contributed by atoms with E-state index in [4.69, 9.17) is 9.47 Å². The summed E-state index contributed by atoms with van der Waals surface area (Å²) >= 11 is 1.35. The van der Waals surface area contributed by atoms with Gasteiger partial charge in [0, 0.05) is 37.4 Å². The Morgan fingerprint density at radius 2 is 2.03 bits per heavy atom. The van der Waals surface area contributed by atoms with Gasteiger partial charge in [-0.05, 0) is 61.1 Å². The summed E-state index contributed by atoms with van der Waals surface area (Å²) in [5.74, 6) is 1.31. The first-order valence-corrected chi connectivity index (χ1v) is 11.7. The van der Waals surface area contributed by atoms with Crippen molar-refractivity contribution in [1.29, 1.82) is 0 Å². The average Bonchev–Trinajstić information content (AvgIpc) is 3.21. The van der Waals surface area contributed by atoms with Crippen molar-refractivity contribution in [2.24, 2.45) is 0 Å². The van der Waals surface area contributed by atoms with Crippen LogP contribution < -0.4 is 14.5 Å². The number of rotatable bonds is 7. The molecule has 3 aromatic rings. The van der Waals surface area contributed by atoms with Crippen LogP contribution in [0.25, 0.3) is 10.1 Å². The van der Waals surface area contributed by atoms with Crippen LogP contribution in [-0.2, 0) is 4.79 Å². The molecule has 4 rings (SSSR count). The molecular weight excluding hydrogens is 429 g/mol. The minimum Gasteiger partial charge on any atom is -0.497 e. The third kappa shape index (κ3) is 4.56. The number of carbonyl (C=O) groups excluding carboxylic acids is 1. The number of benzene rings is 2. The number of hydrogen-bond donors (Lipinski definition) is 0. The minimum absolute atomic E-state index is 0.0652. The van der Waals surface area contributed by atoms with E-state index in [1.807, 2.05) is 31.2 Å². The smallest absolute Gasteiger partial charge is 0.238 e. The van der Waals surface area contributed by atoms with Crippen molar-refractivity contribution in [3.05, 3.63) is 47.9 Å². The van der Waals surface area contributed by atoms with Crippen LogP contribution in [0.2, 0.25) is 0 Å². The first-order chi connectivity index (χ1) is 15.5. The second kappa shape index (κ2) is 9.83. The highest BCUT2D eigenvalue weighted by atomic mass is 32.1. The van der Waals surface area contributed by atoms with Crippen LogP contribution in [-0.4, -0.2) is 42.1 Å². The Kier molecular flexibility index (Phi) is 6.91.